The van der Waals surface area contributed by atoms with E-state index < -0.39 is 0 Å². The van der Waals surface area contributed by atoms with Crippen LogP contribution >= 0.6 is 15.9 Å². The van der Waals surface area contributed by atoms with Gasteiger partial charge in [0.05, 0.1) is 0 Å². The van der Waals surface area contributed by atoms with Crippen LogP contribution in [0.25, 0.3) is 6.08 Å². The fraction of sp³-hybridized carbons (Fsp3) is 0.158. The van der Waals surface area contributed by atoms with E-state index in [0.29, 0.717) is 0 Å². The van der Waals surface area contributed by atoms with Crippen LogP contribution < -0.4 is 0 Å². The highest BCUT2D eigenvalue weighted by atomic mass is 79.9. The second kappa shape index (κ2) is 15.3. The van der Waals surface area contributed by atoms with Gasteiger partial charge in [0, 0.05) is 43.7 Å². The van der Waals surface area contributed by atoms with Crippen LogP contribution in [0.3, 0.4) is 0 Å². The first-order valence-electron chi connectivity index (χ1n) is 14.3. The topological polar surface area (TPSA) is 6.48 Å². The van der Waals surface area contributed by atoms with Crippen molar-refractivity contribution in [2.45, 2.75) is 26.2 Å². The number of hydrogen-bond acceptors (Lipinski definition) is 2. The fourth-order valence-corrected chi connectivity index (χ4v) is 5.63. The molecule has 0 atom stereocenters. The molecule has 5 rings (SSSR count). The van der Waals surface area contributed by atoms with E-state index in [4.69, 9.17) is 0 Å². The van der Waals surface area contributed by atoms with Gasteiger partial charge in [-0.1, -0.05) is 162 Å². The third-order valence-electron chi connectivity index (χ3n) is 7.11. The molecular weight excluding hydrogens is 564 g/mol. The monoisotopic (exact) mass is 600 g/mol. The molecule has 0 aliphatic heterocycles. The first-order chi connectivity index (χ1) is 20.2. The molecule has 0 radical (unpaired) electrons. The zero-order valence-corrected chi connectivity index (χ0v) is 25.0. The van der Waals surface area contributed by atoms with E-state index in [0.717, 1.165) is 43.7 Å². The van der Waals surface area contributed by atoms with Crippen molar-refractivity contribution in [1.29, 1.82) is 0 Å². The molecule has 0 unspecified atom stereocenters. The Bertz CT molecular complexity index is 1310. The van der Waals surface area contributed by atoms with Crippen LogP contribution in [-0.4, -0.2) is 22.9 Å². The molecule has 41 heavy (non-hydrogen) atoms. The van der Waals surface area contributed by atoms with Crippen molar-refractivity contribution in [1.82, 2.24) is 9.80 Å². The molecule has 0 saturated carbocycles. The lowest BCUT2D eigenvalue weighted by Gasteiger charge is -2.29. The van der Waals surface area contributed by atoms with Crippen LogP contribution in [0.4, 0.5) is 0 Å². The van der Waals surface area contributed by atoms with Crippen molar-refractivity contribution in [3.05, 3.63) is 183 Å². The summed E-state index contributed by atoms with van der Waals surface area (Å²) < 4.78 is 1.12. The molecule has 0 fully saturated rings. The van der Waals surface area contributed by atoms with E-state index in [1.165, 1.54) is 33.4 Å². The molecule has 0 N–H and O–H groups in total. The molecule has 2 nitrogen and oxygen atoms in total. The van der Waals surface area contributed by atoms with Crippen molar-refractivity contribution >= 4 is 22.0 Å². The molecular formula is C38H37BrN2. The predicted molar refractivity (Wildman–Crippen MR) is 176 cm³/mol. The molecule has 0 saturated heterocycles. The molecule has 5 aromatic rings. The summed E-state index contributed by atoms with van der Waals surface area (Å²) >= 11 is 3.80. The first kappa shape index (κ1) is 28.8. The average molecular weight is 602 g/mol. The summed E-state index contributed by atoms with van der Waals surface area (Å²) in [6, 6.07) is 51.8. The smallest absolute Gasteiger partial charge is 0.0247 e. The third-order valence-corrected chi connectivity index (χ3v) is 7.84. The average Bonchev–Trinajstić information content (AvgIpc) is 3.00. The molecule has 3 heteroatoms. The quantitative estimate of drug-likeness (QED) is 0.133. The minimum absolute atomic E-state index is 0.866. The third kappa shape index (κ3) is 9.40. The van der Waals surface area contributed by atoms with Crippen LogP contribution in [0.1, 0.15) is 27.8 Å². The lowest BCUT2D eigenvalue weighted by atomic mass is 10.1. The Balaban J connectivity index is 1.47. The maximum absolute atomic E-state index is 3.80. The van der Waals surface area contributed by atoms with Crippen molar-refractivity contribution in [2.24, 2.45) is 0 Å². The highest BCUT2D eigenvalue weighted by molar-refractivity contribution is 9.10. The van der Waals surface area contributed by atoms with E-state index in [-0.39, 0.29) is 0 Å². The zero-order chi connectivity index (χ0) is 28.1. The molecule has 0 aromatic heterocycles. The van der Waals surface area contributed by atoms with Gasteiger partial charge in [-0.2, -0.15) is 0 Å². The van der Waals surface area contributed by atoms with Crippen LogP contribution in [-0.2, 0) is 26.2 Å². The van der Waals surface area contributed by atoms with Gasteiger partial charge in [-0.05, 0) is 39.5 Å². The van der Waals surface area contributed by atoms with E-state index in [1.54, 1.807) is 0 Å². The molecule has 0 spiro atoms. The Labute approximate surface area is 253 Å². The minimum atomic E-state index is 0.866. The molecule has 0 aliphatic carbocycles. The van der Waals surface area contributed by atoms with E-state index in [1.807, 2.05) is 0 Å². The molecule has 0 amide bonds. The maximum Gasteiger partial charge on any atom is 0.0247 e. The summed E-state index contributed by atoms with van der Waals surface area (Å²) in [5.74, 6) is 0. The first-order valence-corrected chi connectivity index (χ1v) is 15.0. The number of nitrogens with zero attached hydrogens (tertiary/aromatic N) is 2. The summed E-state index contributed by atoms with van der Waals surface area (Å²) in [7, 11) is 0. The summed E-state index contributed by atoms with van der Waals surface area (Å²) in [5.41, 5.74) is 7.91. The van der Waals surface area contributed by atoms with Gasteiger partial charge in [0.25, 0.3) is 0 Å². The standard InChI is InChI=1S/C38H37BrN2/c39-38-24-14-13-23-37(38)25-36(30-40(26-32-15-5-1-6-16-32)27-33-17-7-2-8-18-33)31-41(28-34-19-9-3-10-20-34)29-35-21-11-4-12-22-35/h1-25H,26-31H2. The molecule has 0 aliphatic rings. The molecule has 5 aromatic carbocycles. The van der Waals surface area contributed by atoms with Crippen LogP contribution in [0.15, 0.2) is 156 Å². The van der Waals surface area contributed by atoms with Gasteiger partial charge in [-0.3, -0.25) is 9.80 Å². The van der Waals surface area contributed by atoms with Crippen LogP contribution in [0, 0.1) is 0 Å². The van der Waals surface area contributed by atoms with Crippen LogP contribution in [0.5, 0.6) is 0 Å². The van der Waals surface area contributed by atoms with Gasteiger partial charge in [0.15, 0.2) is 0 Å². The molecule has 0 heterocycles. The van der Waals surface area contributed by atoms with Gasteiger partial charge in [0.1, 0.15) is 0 Å². The van der Waals surface area contributed by atoms with Gasteiger partial charge >= 0.3 is 0 Å². The highest BCUT2D eigenvalue weighted by Crippen LogP contribution is 2.22. The largest absolute Gasteiger partial charge is 0.291 e. The Kier molecular flexibility index (Phi) is 10.7. The van der Waals surface area contributed by atoms with E-state index in [2.05, 4.69) is 177 Å². The Morgan fingerprint density at radius 1 is 0.439 bits per heavy atom. The van der Waals surface area contributed by atoms with Crippen molar-refractivity contribution < 1.29 is 0 Å². The van der Waals surface area contributed by atoms with Gasteiger partial charge < -0.3 is 0 Å². The lowest BCUT2D eigenvalue weighted by Crippen LogP contribution is -2.31. The Hall–Kier alpha value is -3.76. The van der Waals surface area contributed by atoms with Crippen LogP contribution in [0.2, 0.25) is 0 Å². The minimum Gasteiger partial charge on any atom is -0.291 e. The summed E-state index contributed by atoms with van der Waals surface area (Å²) in [6.45, 7) is 5.29. The number of hydrogen-bond donors (Lipinski definition) is 0. The second-order valence-electron chi connectivity index (χ2n) is 10.6. The lowest BCUT2D eigenvalue weighted by molar-refractivity contribution is 0.245. The number of halogens is 1. The Morgan fingerprint density at radius 3 is 1.10 bits per heavy atom. The summed E-state index contributed by atoms with van der Waals surface area (Å²) in [5, 5.41) is 0. The highest BCUT2D eigenvalue weighted by Gasteiger charge is 2.15. The van der Waals surface area contributed by atoms with E-state index >= 15 is 0 Å². The Morgan fingerprint density at radius 2 is 0.756 bits per heavy atom. The van der Waals surface area contributed by atoms with E-state index in [9.17, 15) is 0 Å². The number of benzene rings is 5. The summed E-state index contributed by atoms with van der Waals surface area (Å²) in [6.07, 6.45) is 2.38. The van der Waals surface area contributed by atoms with Gasteiger partial charge in [0.2, 0.25) is 0 Å². The maximum atomic E-state index is 3.80. The van der Waals surface area contributed by atoms with Crippen molar-refractivity contribution in [2.75, 3.05) is 13.1 Å². The van der Waals surface area contributed by atoms with Crippen molar-refractivity contribution in [3.63, 3.8) is 0 Å². The predicted octanol–water partition coefficient (Wildman–Crippen LogP) is 9.24. The fourth-order valence-electron chi connectivity index (χ4n) is 5.23. The molecule has 0 bridgehead atoms. The van der Waals surface area contributed by atoms with Crippen molar-refractivity contribution in [3.8, 4) is 0 Å². The SMILES string of the molecule is Brc1ccccc1C=C(CN(Cc1ccccc1)Cc1ccccc1)CN(Cc1ccccc1)Cc1ccccc1. The normalized spacial score (nSPS) is 11.1. The van der Waals surface area contributed by atoms with Gasteiger partial charge in [-0.15, -0.1) is 0 Å². The zero-order valence-electron chi connectivity index (χ0n) is 23.4. The van der Waals surface area contributed by atoms with Gasteiger partial charge in [-0.25, -0.2) is 0 Å². The summed E-state index contributed by atoms with van der Waals surface area (Å²) in [4.78, 5) is 5.13. The number of rotatable bonds is 13. The molecule has 206 valence electrons. The second-order valence-corrected chi connectivity index (χ2v) is 11.4.